The van der Waals surface area contributed by atoms with E-state index in [1.54, 1.807) is 17.0 Å². The Morgan fingerprint density at radius 2 is 1.58 bits per heavy atom. The van der Waals surface area contributed by atoms with E-state index in [0.29, 0.717) is 17.3 Å². The van der Waals surface area contributed by atoms with E-state index >= 15 is 0 Å². The Morgan fingerprint density at radius 3 is 2.33 bits per heavy atom. The maximum atomic E-state index is 6.19. The molecule has 1 aromatic heterocycles. The van der Waals surface area contributed by atoms with E-state index in [1.807, 2.05) is 36.4 Å². The van der Waals surface area contributed by atoms with Crippen molar-refractivity contribution < 1.29 is 0 Å². The zero-order valence-electron chi connectivity index (χ0n) is 12.8. The number of hydrogen-bond acceptors (Lipinski definition) is 6. The van der Waals surface area contributed by atoms with Gasteiger partial charge in [0.1, 0.15) is 12.1 Å². The summed E-state index contributed by atoms with van der Waals surface area (Å²) in [4.78, 5) is 16.4. The first-order valence-corrected chi connectivity index (χ1v) is 7.45. The van der Waals surface area contributed by atoms with Gasteiger partial charge in [-0.25, -0.2) is 9.97 Å². The Hall–Kier alpha value is -3.48. The largest absolute Gasteiger partial charge is 0.383 e. The van der Waals surface area contributed by atoms with Crippen LogP contribution in [0.2, 0.25) is 0 Å². The van der Waals surface area contributed by atoms with Crippen LogP contribution in [0.1, 0.15) is 11.1 Å². The Morgan fingerprint density at radius 1 is 0.875 bits per heavy atom. The van der Waals surface area contributed by atoms with Crippen molar-refractivity contribution in [3.05, 3.63) is 66.2 Å². The monoisotopic (exact) mass is 317 g/mol. The molecule has 7 nitrogen and oxygen atoms in total. The van der Waals surface area contributed by atoms with Gasteiger partial charge < -0.3 is 11.5 Å². The Balaban J connectivity index is 1.70. The lowest BCUT2D eigenvalue weighted by Crippen LogP contribution is -2.13. The van der Waals surface area contributed by atoms with Crippen molar-refractivity contribution in [2.45, 2.75) is 6.42 Å². The summed E-state index contributed by atoms with van der Waals surface area (Å²) in [7, 11) is 0. The van der Waals surface area contributed by atoms with Crippen molar-refractivity contribution in [3.8, 4) is 17.2 Å². The molecule has 0 saturated heterocycles. The van der Waals surface area contributed by atoms with E-state index in [9.17, 15) is 0 Å². The van der Waals surface area contributed by atoms with E-state index in [2.05, 4.69) is 19.9 Å². The fourth-order valence-electron chi connectivity index (χ4n) is 2.68. The fourth-order valence-corrected chi connectivity index (χ4v) is 2.68. The van der Waals surface area contributed by atoms with Gasteiger partial charge in [-0.2, -0.15) is 4.98 Å². The number of benzene rings is 1. The van der Waals surface area contributed by atoms with Crippen LogP contribution in [-0.4, -0.2) is 24.5 Å². The van der Waals surface area contributed by atoms with E-state index in [0.717, 1.165) is 12.1 Å². The summed E-state index contributed by atoms with van der Waals surface area (Å²) in [6, 6.07) is 12.0. The van der Waals surface area contributed by atoms with Gasteiger partial charge in [0.15, 0.2) is 11.5 Å². The van der Waals surface area contributed by atoms with Crippen LogP contribution >= 0.6 is 0 Å². The summed E-state index contributed by atoms with van der Waals surface area (Å²) in [6.45, 7) is 0. The van der Waals surface area contributed by atoms with E-state index in [4.69, 9.17) is 11.5 Å². The molecule has 0 aliphatic carbocycles. The summed E-state index contributed by atoms with van der Waals surface area (Å²) >= 11 is 0. The fraction of sp³-hybridized carbons (Fsp3) is 0.0588. The predicted molar refractivity (Wildman–Crippen MR) is 91.6 cm³/mol. The molecule has 1 aromatic carbocycles. The van der Waals surface area contributed by atoms with Crippen LogP contribution in [-0.2, 0) is 6.42 Å². The SMILES string of the molecule is Nc1nc2ncnc-2c(N)n1-c1ccc(Cc2ccncc2)cc1. The molecule has 0 saturated carbocycles. The first-order valence-electron chi connectivity index (χ1n) is 7.45. The average molecular weight is 317 g/mol. The average Bonchev–Trinajstić information content (AvgIpc) is 3.06. The third-order valence-corrected chi connectivity index (χ3v) is 3.86. The minimum Gasteiger partial charge on any atom is -0.383 e. The van der Waals surface area contributed by atoms with Crippen LogP contribution in [0.5, 0.6) is 0 Å². The van der Waals surface area contributed by atoms with Crippen molar-refractivity contribution in [2.75, 3.05) is 11.5 Å². The van der Waals surface area contributed by atoms with Gasteiger partial charge in [0.05, 0.1) is 5.69 Å². The van der Waals surface area contributed by atoms with Gasteiger partial charge in [-0.15, -0.1) is 0 Å². The minimum atomic E-state index is 0.280. The highest BCUT2D eigenvalue weighted by atomic mass is 15.2. The van der Waals surface area contributed by atoms with Gasteiger partial charge in [-0.3, -0.25) is 9.55 Å². The highest BCUT2D eigenvalue weighted by Crippen LogP contribution is 2.28. The molecule has 0 radical (unpaired) electrons. The predicted octanol–water partition coefficient (Wildman–Crippen LogP) is 1.92. The third-order valence-electron chi connectivity index (χ3n) is 3.86. The maximum absolute atomic E-state index is 6.19. The number of imidazole rings is 1. The second-order valence-corrected chi connectivity index (χ2v) is 5.44. The number of fused-ring (bicyclic) bond motifs is 1. The van der Waals surface area contributed by atoms with E-state index < -0.39 is 0 Å². The zero-order chi connectivity index (χ0) is 16.5. The number of rotatable bonds is 3. The Labute approximate surface area is 138 Å². The Kier molecular flexibility index (Phi) is 3.31. The first kappa shape index (κ1) is 14.1. The lowest BCUT2D eigenvalue weighted by molar-refractivity contribution is 1.00. The van der Waals surface area contributed by atoms with Crippen LogP contribution in [0.15, 0.2) is 55.1 Å². The second-order valence-electron chi connectivity index (χ2n) is 5.44. The Bertz CT molecular complexity index is 945. The van der Waals surface area contributed by atoms with Gasteiger partial charge in [0.2, 0.25) is 5.95 Å². The molecule has 0 spiro atoms. The standard InChI is InChI=1S/C17H15N7/c18-15-14-16(22-10-21-14)23-17(19)24(15)13-3-1-11(2-4-13)9-12-5-7-20-8-6-12/h1-8,10H,9,18H2,(H2,19,21,22,23). The molecule has 0 fully saturated rings. The van der Waals surface area contributed by atoms with Crippen LogP contribution in [0.4, 0.5) is 11.8 Å². The topological polar surface area (TPSA) is 109 Å². The molecule has 4 rings (SSSR count). The number of pyridine rings is 1. The van der Waals surface area contributed by atoms with Gasteiger partial charge in [-0.1, -0.05) is 12.1 Å². The summed E-state index contributed by atoms with van der Waals surface area (Å²) in [6.07, 6.45) is 5.85. The number of aromatic nitrogens is 5. The molecule has 0 atom stereocenters. The molecule has 2 aliphatic heterocycles. The van der Waals surface area contributed by atoms with Crippen LogP contribution in [0, 0.1) is 0 Å². The lowest BCUT2D eigenvalue weighted by Gasteiger charge is -2.15. The molecular formula is C17H15N7. The van der Waals surface area contributed by atoms with Gasteiger partial charge in [0.25, 0.3) is 0 Å². The summed E-state index contributed by atoms with van der Waals surface area (Å²) in [5.41, 5.74) is 16.0. The van der Waals surface area contributed by atoms with E-state index in [-0.39, 0.29) is 5.95 Å². The van der Waals surface area contributed by atoms with Crippen molar-refractivity contribution in [2.24, 2.45) is 0 Å². The highest BCUT2D eigenvalue weighted by Gasteiger charge is 2.18. The number of anilines is 2. The van der Waals surface area contributed by atoms with Gasteiger partial charge in [-0.05, 0) is 41.8 Å². The molecule has 2 aromatic rings. The smallest absolute Gasteiger partial charge is 0.208 e. The number of nitrogens with two attached hydrogens (primary N) is 2. The molecule has 0 bridgehead atoms. The molecule has 3 heterocycles. The maximum Gasteiger partial charge on any atom is 0.208 e. The van der Waals surface area contributed by atoms with Gasteiger partial charge in [0, 0.05) is 12.4 Å². The van der Waals surface area contributed by atoms with E-state index in [1.165, 1.54) is 17.5 Å². The van der Waals surface area contributed by atoms with Gasteiger partial charge >= 0.3 is 0 Å². The van der Waals surface area contributed by atoms with Crippen LogP contribution < -0.4 is 11.5 Å². The normalized spacial score (nSPS) is 11.0. The molecule has 2 aliphatic rings. The molecule has 4 N–H and O–H groups in total. The van der Waals surface area contributed by atoms with Crippen LogP contribution in [0.3, 0.4) is 0 Å². The summed E-state index contributed by atoms with van der Waals surface area (Å²) in [5, 5.41) is 0. The number of hydrogen-bond donors (Lipinski definition) is 2. The molecule has 7 heteroatoms. The molecule has 0 unspecified atom stereocenters. The molecule has 24 heavy (non-hydrogen) atoms. The number of nitrogens with zero attached hydrogens (tertiary/aromatic N) is 5. The van der Waals surface area contributed by atoms with Crippen molar-refractivity contribution in [1.82, 2.24) is 24.5 Å². The van der Waals surface area contributed by atoms with Crippen molar-refractivity contribution in [1.29, 1.82) is 0 Å². The lowest BCUT2D eigenvalue weighted by atomic mass is 10.1. The summed E-state index contributed by atoms with van der Waals surface area (Å²) in [5.74, 6) is 1.16. The van der Waals surface area contributed by atoms with Crippen LogP contribution in [0.25, 0.3) is 17.2 Å². The minimum absolute atomic E-state index is 0.280. The molecule has 0 amide bonds. The molecule has 118 valence electrons. The second kappa shape index (κ2) is 5.62. The summed E-state index contributed by atoms with van der Waals surface area (Å²) < 4.78 is 1.67. The number of nitrogen functional groups attached to an aromatic ring is 2. The quantitative estimate of drug-likeness (QED) is 0.597. The highest BCUT2D eigenvalue weighted by molar-refractivity contribution is 5.70. The third kappa shape index (κ3) is 2.41. The zero-order valence-corrected chi connectivity index (χ0v) is 12.8. The van der Waals surface area contributed by atoms with Crippen molar-refractivity contribution >= 4 is 11.8 Å². The molecular weight excluding hydrogens is 302 g/mol. The first-order chi connectivity index (χ1) is 11.7. The van der Waals surface area contributed by atoms with Crippen molar-refractivity contribution in [3.63, 3.8) is 0 Å².